The van der Waals surface area contributed by atoms with Gasteiger partial charge in [-0.05, 0) is 13.0 Å². The largest absolute Gasteiger partial charge is 0.339 e. The van der Waals surface area contributed by atoms with E-state index in [1.54, 1.807) is 16.5 Å². The van der Waals surface area contributed by atoms with E-state index in [1.807, 2.05) is 55.3 Å². The lowest BCUT2D eigenvalue weighted by atomic mass is 10.0. The van der Waals surface area contributed by atoms with E-state index in [0.29, 0.717) is 37.4 Å². The van der Waals surface area contributed by atoms with Crippen molar-refractivity contribution >= 4 is 22.8 Å². The molecule has 0 radical (unpaired) electrons. The van der Waals surface area contributed by atoms with Crippen molar-refractivity contribution in [3.63, 3.8) is 0 Å². The van der Waals surface area contributed by atoms with Gasteiger partial charge in [-0.25, -0.2) is 4.98 Å². The summed E-state index contributed by atoms with van der Waals surface area (Å²) in [5, 5.41) is 5.27. The van der Waals surface area contributed by atoms with Gasteiger partial charge in [-0.1, -0.05) is 30.3 Å². The van der Waals surface area contributed by atoms with Gasteiger partial charge in [0.05, 0.1) is 22.3 Å². The minimum Gasteiger partial charge on any atom is -0.339 e. The van der Waals surface area contributed by atoms with Crippen LogP contribution in [0.25, 0.3) is 22.3 Å². The van der Waals surface area contributed by atoms with Crippen molar-refractivity contribution in [3.8, 4) is 11.3 Å². The van der Waals surface area contributed by atoms with E-state index in [0.717, 1.165) is 22.3 Å². The van der Waals surface area contributed by atoms with Crippen molar-refractivity contribution in [2.24, 2.45) is 7.05 Å². The highest BCUT2D eigenvalue weighted by Gasteiger charge is 2.27. The molecule has 0 bridgehead atoms. The number of nitrogens with zero attached hydrogens (tertiary/aromatic N) is 5. The second-order valence-electron chi connectivity index (χ2n) is 7.13. The van der Waals surface area contributed by atoms with Crippen molar-refractivity contribution in [3.05, 3.63) is 47.7 Å². The van der Waals surface area contributed by atoms with E-state index in [4.69, 9.17) is 4.98 Å². The van der Waals surface area contributed by atoms with Crippen LogP contribution in [0.15, 0.2) is 36.4 Å². The summed E-state index contributed by atoms with van der Waals surface area (Å²) < 4.78 is 1.72. The summed E-state index contributed by atoms with van der Waals surface area (Å²) in [6, 6.07) is 11.7. The van der Waals surface area contributed by atoms with Gasteiger partial charge in [-0.3, -0.25) is 14.3 Å². The number of fused-ring (bicyclic) bond motifs is 1. The molecule has 0 spiro atoms. The minimum absolute atomic E-state index is 0.0381. The molecule has 1 saturated heterocycles. The monoisotopic (exact) mass is 377 g/mol. The molecule has 0 atom stereocenters. The molecule has 1 aromatic carbocycles. The molecule has 1 aliphatic rings. The molecule has 7 heteroatoms. The lowest BCUT2D eigenvalue weighted by molar-refractivity contribution is -0.130. The number of hydrogen-bond donors (Lipinski definition) is 0. The van der Waals surface area contributed by atoms with Crippen LogP contribution in [0, 0.1) is 6.92 Å². The van der Waals surface area contributed by atoms with Crippen LogP contribution in [0.5, 0.6) is 0 Å². The summed E-state index contributed by atoms with van der Waals surface area (Å²) >= 11 is 0. The summed E-state index contributed by atoms with van der Waals surface area (Å²) in [5.41, 5.74) is 3.81. The second kappa shape index (κ2) is 7.07. The molecule has 28 heavy (non-hydrogen) atoms. The average molecular weight is 377 g/mol. The molecular formula is C21H23N5O2. The third kappa shape index (κ3) is 3.13. The number of carbonyl (C=O) groups is 2. The van der Waals surface area contributed by atoms with E-state index in [-0.39, 0.29) is 11.8 Å². The fraction of sp³-hybridized carbons (Fsp3) is 0.333. The zero-order valence-electron chi connectivity index (χ0n) is 16.3. The van der Waals surface area contributed by atoms with Crippen LogP contribution in [-0.2, 0) is 11.8 Å². The molecule has 7 nitrogen and oxygen atoms in total. The normalized spacial score (nSPS) is 14.5. The Bertz CT molecular complexity index is 1050. The van der Waals surface area contributed by atoms with Gasteiger partial charge in [0.25, 0.3) is 5.91 Å². The zero-order valence-corrected chi connectivity index (χ0v) is 16.3. The number of piperazine rings is 1. The van der Waals surface area contributed by atoms with Gasteiger partial charge in [0.15, 0.2) is 5.65 Å². The third-order valence-electron chi connectivity index (χ3n) is 5.28. The van der Waals surface area contributed by atoms with Crippen LogP contribution < -0.4 is 0 Å². The Morgan fingerprint density at radius 2 is 1.64 bits per heavy atom. The van der Waals surface area contributed by atoms with Crippen molar-refractivity contribution in [1.29, 1.82) is 0 Å². The number of carbonyl (C=O) groups excluding carboxylic acids is 2. The summed E-state index contributed by atoms with van der Waals surface area (Å²) in [4.78, 5) is 33.3. The molecule has 2 amide bonds. The summed E-state index contributed by atoms with van der Waals surface area (Å²) in [5.74, 6) is 0.0109. The maximum absolute atomic E-state index is 13.4. The SMILES string of the molecule is CC(=O)N1CCN(C(=O)c2cc(-c3ccccc3)nc3c2c(C)nn3C)CC1. The van der Waals surface area contributed by atoms with Crippen LogP contribution in [0.1, 0.15) is 23.0 Å². The highest BCUT2D eigenvalue weighted by molar-refractivity contribution is 6.07. The topological polar surface area (TPSA) is 71.3 Å². The lowest BCUT2D eigenvalue weighted by Gasteiger charge is -2.34. The van der Waals surface area contributed by atoms with Crippen LogP contribution >= 0.6 is 0 Å². The van der Waals surface area contributed by atoms with Gasteiger partial charge < -0.3 is 9.80 Å². The Balaban J connectivity index is 1.77. The standard InChI is InChI=1S/C21H23N5O2/c1-14-19-17(21(28)26-11-9-25(10-12-26)15(2)27)13-18(16-7-5-4-6-8-16)22-20(19)24(3)23-14/h4-8,13H,9-12H2,1-3H3. The molecule has 0 N–H and O–H groups in total. The Morgan fingerprint density at radius 3 is 2.29 bits per heavy atom. The van der Waals surface area contributed by atoms with Gasteiger partial charge in [-0.15, -0.1) is 0 Å². The van der Waals surface area contributed by atoms with Crippen LogP contribution in [0.2, 0.25) is 0 Å². The number of pyridine rings is 1. The first kappa shape index (κ1) is 18.2. The fourth-order valence-electron chi connectivity index (χ4n) is 3.77. The van der Waals surface area contributed by atoms with Crippen LogP contribution in [-0.4, -0.2) is 62.6 Å². The van der Waals surface area contributed by atoms with Crippen molar-refractivity contribution in [2.75, 3.05) is 26.2 Å². The third-order valence-corrected chi connectivity index (χ3v) is 5.28. The Labute approximate surface area is 163 Å². The molecule has 3 aromatic rings. The first-order valence-electron chi connectivity index (χ1n) is 9.40. The molecular weight excluding hydrogens is 354 g/mol. The molecule has 4 rings (SSSR count). The Hall–Kier alpha value is -3.22. The van der Waals surface area contributed by atoms with Crippen LogP contribution in [0.3, 0.4) is 0 Å². The van der Waals surface area contributed by atoms with Gasteiger partial charge >= 0.3 is 0 Å². The van der Waals surface area contributed by atoms with Gasteiger partial charge in [0.1, 0.15) is 0 Å². The minimum atomic E-state index is -0.0381. The number of aromatic nitrogens is 3. The molecule has 1 fully saturated rings. The number of hydrogen-bond acceptors (Lipinski definition) is 4. The molecule has 3 heterocycles. The van der Waals surface area contributed by atoms with Crippen molar-refractivity contribution in [1.82, 2.24) is 24.6 Å². The summed E-state index contributed by atoms with van der Waals surface area (Å²) in [6.45, 7) is 5.65. The van der Waals surface area contributed by atoms with E-state index >= 15 is 0 Å². The quantitative estimate of drug-likeness (QED) is 0.687. The molecule has 0 unspecified atom stereocenters. The summed E-state index contributed by atoms with van der Waals surface area (Å²) in [7, 11) is 1.84. The number of benzene rings is 1. The van der Waals surface area contributed by atoms with E-state index in [2.05, 4.69) is 5.10 Å². The number of rotatable bonds is 2. The predicted molar refractivity (Wildman–Crippen MR) is 107 cm³/mol. The maximum atomic E-state index is 13.4. The van der Waals surface area contributed by atoms with E-state index < -0.39 is 0 Å². The van der Waals surface area contributed by atoms with E-state index in [9.17, 15) is 9.59 Å². The first-order chi connectivity index (χ1) is 13.5. The molecule has 1 aliphatic heterocycles. The maximum Gasteiger partial charge on any atom is 0.254 e. The van der Waals surface area contributed by atoms with Gasteiger partial charge in [-0.2, -0.15) is 5.10 Å². The predicted octanol–water partition coefficient (Wildman–Crippen LogP) is 2.25. The Kier molecular flexibility index (Phi) is 4.58. The molecule has 0 aliphatic carbocycles. The van der Waals surface area contributed by atoms with Crippen molar-refractivity contribution in [2.45, 2.75) is 13.8 Å². The lowest BCUT2D eigenvalue weighted by Crippen LogP contribution is -2.50. The molecule has 0 saturated carbocycles. The van der Waals surface area contributed by atoms with Crippen molar-refractivity contribution < 1.29 is 9.59 Å². The fourth-order valence-corrected chi connectivity index (χ4v) is 3.77. The van der Waals surface area contributed by atoms with Gasteiger partial charge in [0.2, 0.25) is 5.91 Å². The first-order valence-corrected chi connectivity index (χ1v) is 9.40. The summed E-state index contributed by atoms with van der Waals surface area (Å²) in [6.07, 6.45) is 0. The van der Waals surface area contributed by atoms with Crippen LogP contribution in [0.4, 0.5) is 0 Å². The second-order valence-corrected chi connectivity index (χ2v) is 7.13. The average Bonchev–Trinajstić information content (AvgIpc) is 3.01. The van der Waals surface area contributed by atoms with E-state index in [1.165, 1.54) is 0 Å². The highest BCUT2D eigenvalue weighted by Crippen LogP contribution is 2.28. The highest BCUT2D eigenvalue weighted by atomic mass is 16.2. The molecule has 144 valence electrons. The number of aryl methyl sites for hydroxylation is 2. The number of amides is 2. The zero-order chi connectivity index (χ0) is 19.8. The Morgan fingerprint density at radius 1 is 1.00 bits per heavy atom. The van der Waals surface area contributed by atoms with Gasteiger partial charge in [0, 0.05) is 45.7 Å². The molecule has 2 aromatic heterocycles. The smallest absolute Gasteiger partial charge is 0.254 e.